The van der Waals surface area contributed by atoms with Crippen molar-refractivity contribution in [2.45, 2.75) is 32.6 Å². The second-order valence-electron chi connectivity index (χ2n) is 8.02. The van der Waals surface area contributed by atoms with Crippen LogP contribution in [0, 0.1) is 24.6 Å². The summed E-state index contributed by atoms with van der Waals surface area (Å²) in [5.74, 6) is 1.05. The molecule has 2 saturated heterocycles. The van der Waals surface area contributed by atoms with Gasteiger partial charge in [-0.3, -0.25) is 4.79 Å². The number of nitrogens with zero attached hydrogens (tertiary/aromatic N) is 1. The SMILES string of the molecule is Cc1cc(C(=O)NCC2CCN(CCC3CCS(=O)(=O)C3)CC2)ccc1F. The topological polar surface area (TPSA) is 66.5 Å². The summed E-state index contributed by atoms with van der Waals surface area (Å²) in [6.45, 7) is 5.26. The first kappa shape index (κ1) is 20.3. The fourth-order valence-electron chi connectivity index (χ4n) is 4.00. The highest BCUT2D eigenvalue weighted by Crippen LogP contribution is 2.23. The van der Waals surface area contributed by atoms with Gasteiger partial charge in [0, 0.05) is 12.1 Å². The van der Waals surface area contributed by atoms with Crippen molar-refractivity contribution in [3.63, 3.8) is 0 Å². The fourth-order valence-corrected chi connectivity index (χ4v) is 5.91. The summed E-state index contributed by atoms with van der Waals surface area (Å²) < 4.78 is 36.4. The lowest BCUT2D eigenvalue weighted by molar-refractivity contribution is 0.0935. The maximum absolute atomic E-state index is 13.3. The van der Waals surface area contributed by atoms with Crippen LogP contribution in [0.1, 0.15) is 41.6 Å². The van der Waals surface area contributed by atoms with Gasteiger partial charge >= 0.3 is 0 Å². The fraction of sp³-hybridized carbons (Fsp3) is 0.650. The maximum Gasteiger partial charge on any atom is 0.251 e. The zero-order valence-electron chi connectivity index (χ0n) is 15.9. The molecule has 0 aliphatic carbocycles. The van der Waals surface area contributed by atoms with Gasteiger partial charge in [-0.05, 0) is 87.8 Å². The summed E-state index contributed by atoms with van der Waals surface area (Å²) >= 11 is 0. The average molecular weight is 397 g/mol. The van der Waals surface area contributed by atoms with Gasteiger partial charge in [0.25, 0.3) is 5.91 Å². The van der Waals surface area contributed by atoms with Crippen LogP contribution in [-0.2, 0) is 9.84 Å². The Bertz CT molecular complexity index is 773. The molecule has 7 heteroatoms. The lowest BCUT2D eigenvalue weighted by Gasteiger charge is -2.32. The van der Waals surface area contributed by atoms with Crippen LogP contribution < -0.4 is 5.32 Å². The standard InChI is InChI=1S/C20H29FN2O3S/c1-15-12-18(2-3-19(15)21)20(24)22-13-16-4-8-23(9-5-16)10-6-17-7-11-27(25,26)14-17/h2-3,12,16-17H,4-11,13-14H2,1H3,(H,22,24). The highest BCUT2D eigenvalue weighted by molar-refractivity contribution is 7.91. The van der Waals surface area contributed by atoms with Gasteiger partial charge in [0.05, 0.1) is 11.5 Å². The Labute approximate surface area is 161 Å². The minimum absolute atomic E-state index is 0.150. The molecule has 0 spiro atoms. The second-order valence-corrected chi connectivity index (χ2v) is 10.2. The number of carbonyl (C=O) groups excluding carboxylic acids is 1. The number of hydrogen-bond donors (Lipinski definition) is 1. The molecule has 5 nitrogen and oxygen atoms in total. The third-order valence-electron chi connectivity index (χ3n) is 5.86. The molecule has 0 bridgehead atoms. The van der Waals surface area contributed by atoms with Crippen LogP contribution in [0.2, 0.25) is 0 Å². The van der Waals surface area contributed by atoms with Crippen LogP contribution in [0.5, 0.6) is 0 Å². The number of nitrogens with one attached hydrogen (secondary N) is 1. The summed E-state index contributed by atoms with van der Waals surface area (Å²) in [4.78, 5) is 14.6. The van der Waals surface area contributed by atoms with E-state index in [-0.39, 0.29) is 11.7 Å². The van der Waals surface area contributed by atoms with Gasteiger partial charge in [-0.2, -0.15) is 0 Å². The molecule has 1 N–H and O–H groups in total. The summed E-state index contributed by atoms with van der Waals surface area (Å²) in [5, 5.41) is 2.97. The summed E-state index contributed by atoms with van der Waals surface area (Å²) in [7, 11) is -2.78. The van der Waals surface area contributed by atoms with Gasteiger partial charge in [0.1, 0.15) is 5.82 Å². The van der Waals surface area contributed by atoms with Crippen molar-refractivity contribution >= 4 is 15.7 Å². The molecule has 2 aliphatic heterocycles. The third-order valence-corrected chi connectivity index (χ3v) is 7.70. The van der Waals surface area contributed by atoms with Gasteiger partial charge in [0.15, 0.2) is 9.84 Å². The number of aryl methyl sites for hydroxylation is 1. The predicted octanol–water partition coefficient (Wildman–Crippen LogP) is 2.40. The lowest BCUT2D eigenvalue weighted by Crippen LogP contribution is -2.39. The van der Waals surface area contributed by atoms with E-state index >= 15 is 0 Å². The molecule has 1 aromatic carbocycles. The maximum atomic E-state index is 13.3. The van der Waals surface area contributed by atoms with Crippen LogP contribution in [0.3, 0.4) is 0 Å². The van der Waals surface area contributed by atoms with Crippen molar-refractivity contribution < 1.29 is 17.6 Å². The van der Waals surface area contributed by atoms with Crippen LogP contribution >= 0.6 is 0 Å². The molecule has 0 saturated carbocycles. The van der Waals surface area contributed by atoms with E-state index in [0.717, 1.165) is 45.3 Å². The first-order chi connectivity index (χ1) is 12.8. The molecule has 27 heavy (non-hydrogen) atoms. The third kappa shape index (κ3) is 5.75. The van der Waals surface area contributed by atoms with E-state index in [1.54, 1.807) is 13.0 Å². The van der Waals surface area contributed by atoms with Crippen molar-refractivity contribution in [2.24, 2.45) is 11.8 Å². The van der Waals surface area contributed by atoms with Gasteiger partial charge < -0.3 is 10.2 Å². The van der Waals surface area contributed by atoms with E-state index in [4.69, 9.17) is 0 Å². The van der Waals surface area contributed by atoms with Gasteiger partial charge in [-0.25, -0.2) is 12.8 Å². The number of rotatable bonds is 6. The van der Waals surface area contributed by atoms with Crippen molar-refractivity contribution in [3.8, 4) is 0 Å². The normalized spacial score (nSPS) is 23.4. The number of likely N-dealkylation sites (tertiary alicyclic amines) is 1. The molecular weight excluding hydrogens is 367 g/mol. The number of halogens is 1. The molecule has 0 radical (unpaired) electrons. The molecule has 0 aromatic heterocycles. The molecule has 1 aromatic rings. The smallest absolute Gasteiger partial charge is 0.251 e. The van der Waals surface area contributed by atoms with Crippen molar-refractivity contribution in [1.29, 1.82) is 0 Å². The Morgan fingerprint density at radius 3 is 2.59 bits per heavy atom. The number of carbonyl (C=O) groups is 1. The van der Waals surface area contributed by atoms with E-state index in [1.165, 1.54) is 12.1 Å². The molecular formula is C20H29FN2O3S. The Hall–Kier alpha value is -1.47. The highest BCUT2D eigenvalue weighted by atomic mass is 32.2. The minimum Gasteiger partial charge on any atom is -0.352 e. The molecule has 1 unspecified atom stereocenters. The van der Waals surface area contributed by atoms with Gasteiger partial charge in [-0.15, -0.1) is 0 Å². The number of sulfone groups is 1. The van der Waals surface area contributed by atoms with Crippen molar-refractivity contribution in [2.75, 3.05) is 37.7 Å². The zero-order chi connectivity index (χ0) is 19.4. The Kier molecular flexibility index (Phi) is 6.52. The molecule has 2 heterocycles. The summed E-state index contributed by atoms with van der Waals surface area (Å²) in [6, 6.07) is 4.43. The monoisotopic (exact) mass is 396 g/mol. The van der Waals surface area contributed by atoms with E-state index < -0.39 is 9.84 Å². The largest absolute Gasteiger partial charge is 0.352 e. The van der Waals surface area contributed by atoms with E-state index in [0.29, 0.717) is 41.0 Å². The van der Waals surface area contributed by atoms with Crippen LogP contribution in [0.4, 0.5) is 4.39 Å². The quantitative estimate of drug-likeness (QED) is 0.802. The van der Waals surface area contributed by atoms with Crippen molar-refractivity contribution in [1.82, 2.24) is 10.2 Å². The predicted molar refractivity (Wildman–Crippen MR) is 104 cm³/mol. The zero-order valence-corrected chi connectivity index (χ0v) is 16.7. The first-order valence-electron chi connectivity index (χ1n) is 9.79. The Balaban J connectivity index is 1.35. The number of hydrogen-bond acceptors (Lipinski definition) is 4. The van der Waals surface area contributed by atoms with Crippen LogP contribution in [0.15, 0.2) is 18.2 Å². The molecule has 1 atom stereocenters. The van der Waals surface area contributed by atoms with Gasteiger partial charge in [0.2, 0.25) is 0 Å². The van der Waals surface area contributed by atoms with Gasteiger partial charge in [-0.1, -0.05) is 0 Å². The van der Waals surface area contributed by atoms with Crippen molar-refractivity contribution in [3.05, 3.63) is 35.1 Å². The first-order valence-corrected chi connectivity index (χ1v) is 11.6. The molecule has 2 fully saturated rings. The highest BCUT2D eigenvalue weighted by Gasteiger charge is 2.28. The Morgan fingerprint density at radius 1 is 1.22 bits per heavy atom. The molecule has 2 aliphatic rings. The van der Waals surface area contributed by atoms with Crippen LogP contribution in [-0.4, -0.2) is 56.9 Å². The minimum atomic E-state index is -2.78. The Morgan fingerprint density at radius 2 is 1.96 bits per heavy atom. The van der Waals surface area contributed by atoms with Crippen LogP contribution in [0.25, 0.3) is 0 Å². The van der Waals surface area contributed by atoms with E-state index in [2.05, 4.69) is 10.2 Å². The molecule has 3 rings (SSSR count). The molecule has 1 amide bonds. The number of benzene rings is 1. The average Bonchev–Trinajstić information content (AvgIpc) is 3.00. The summed E-state index contributed by atoms with van der Waals surface area (Å²) in [5.41, 5.74) is 0.976. The summed E-state index contributed by atoms with van der Waals surface area (Å²) in [6.07, 6.45) is 3.84. The van der Waals surface area contributed by atoms with E-state index in [1.807, 2.05) is 0 Å². The second kappa shape index (κ2) is 8.69. The van der Waals surface area contributed by atoms with E-state index in [9.17, 15) is 17.6 Å². The number of piperidine rings is 1. The number of amides is 1. The lowest BCUT2D eigenvalue weighted by atomic mass is 9.95. The molecule has 150 valence electrons.